The lowest BCUT2D eigenvalue weighted by Gasteiger charge is -2.33. The fourth-order valence-corrected chi connectivity index (χ4v) is 3.66. The Morgan fingerprint density at radius 3 is 2.39 bits per heavy atom. The van der Waals surface area contributed by atoms with Gasteiger partial charge in [-0.25, -0.2) is 4.79 Å². The molecule has 0 aromatic heterocycles. The molecular weight excluding hydrogens is 292 g/mol. The van der Waals surface area contributed by atoms with E-state index in [-0.39, 0.29) is 18.2 Å². The van der Waals surface area contributed by atoms with Gasteiger partial charge in [-0.15, -0.1) is 0 Å². The zero-order valence-corrected chi connectivity index (χ0v) is 14.9. The van der Waals surface area contributed by atoms with Gasteiger partial charge in [0.2, 0.25) is 0 Å². The van der Waals surface area contributed by atoms with Crippen molar-refractivity contribution in [3.63, 3.8) is 0 Å². The monoisotopic (exact) mass is 326 g/mol. The smallest absolute Gasteiger partial charge is 0.407 e. The van der Waals surface area contributed by atoms with Crippen molar-refractivity contribution >= 4 is 6.09 Å². The van der Waals surface area contributed by atoms with E-state index in [0.717, 1.165) is 51.5 Å². The summed E-state index contributed by atoms with van der Waals surface area (Å²) in [4.78, 5) is 11.9. The molecule has 0 aromatic carbocycles. The van der Waals surface area contributed by atoms with Gasteiger partial charge in [0.1, 0.15) is 5.60 Å². The SMILES string of the molecule is CC(C)(C)OC(=O)NC1CCCC(NCC2CCC(O)CC2)C1. The molecule has 0 heterocycles. The van der Waals surface area contributed by atoms with Gasteiger partial charge in [0.05, 0.1) is 6.10 Å². The molecule has 0 spiro atoms. The van der Waals surface area contributed by atoms with Crippen molar-refractivity contribution in [1.82, 2.24) is 10.6 Å². The predicted octanol–water partition coefficient (Wildman–Crippen LogP) is 2.96. The average Bonchev–Trinajstić information content (AvgIpc) is 2.45. The number of nitrogens with one attached hydrogen (secondary N) is 2. The topological polar surface area (TPSA) is 70.6 Å². The van der Waals surface area contributed by atoms with Crippen LogP contribution in [0.5, 0.6) is 0 Å². The van der Waals surface area contributed by atoms with Crippen LogP contribution in [0.15, 0.2) is 0 Å². The number of aliphatic hydroxyl groups excluding tert-OH is 1. The molecule has 0 aromatic rings. The third-order valence-electron chi connectivity index (χ3n) is 4.91. The van der Waals surface area contributed by atoms with E-state index in [0.29, 0.717) is 12.0 Å². The van der Waals surface area contributed by atoms with Gasteiger partial charge in [-0.3, -0.25) is 0 Å². The van der Waals surface area contributed by atoms with Crippen LogP contribution >= 0.6 is 0 Å². The maximum atomic E-state index is 11.9. The molecule has 5 heteroatoms. The Hall–Kier alpha value is -0.810. The summed E-state index contributed by atoms with van der Waals surface area (Å²) in [5, 5.41) is 16.3. The first-order valence-corrected chi connectivity index (χ1v) is 9.23. The van der Waals surface area contributed by atoms with E-state index in [9.17, 15) is 9.90 Å². The Labute approximate surface area is 140 Å². The second-order valence-electron chi connectivity index (χ2n) is 8.29. The van der Waals surface area contributed by atoms with Crippen molar-refractivity contribution < 1.29 is 14.6 Å². The number of hydrogen-bond donors (Lipinski definition) is 3. The third kappa shape index (κ3) is 7.08. The summed E-state index contributed by atoms with van der Waals surface area (Å²) in [5.41, 5.74) is -0.443. The molecule has 0 saturated heterocycles. The molecule has 0 radical (unpaired) electrons. The molecule has 2 fully saturated rings. The van der Waals surface area contributed by atoms with Crippen molar-refractivity contribution in [2.75, 3.05) is 6.54 Å². The Morgan fingerprint density at radius 2 is 1.74 bits per heavy atom. The van der Waals surface area contributed by atoms with Gasteiger partial charge >= 0.3 is 6.09 Å². The maximum absolute atomic E-state index is 11.9. The zero-order chi connectivity index (χ0) is 16.9. The lowest BCUT2D eigenvalue weighted by molar-refractivity contribution is 0.0488. The molecule has 2 atom stereocenters. The first-order valence-electron chi connectivity index (χ1n) is 9.23. The van der Waals surface area contributed by atoms with Crippen LogP contribution < -0.4 is 10.6 Å². The van der Waals surface area contributed by atoms with Crippen LogP contribution in [0.4, 0.5) is 4.79 Å². The fourth-order valence-electron chi connectivity index (χ4n) is 3.66. The van der Waals surface area contributed by atoms with Gasteiger partial charge in [-0.2, -0.15) is 0 Å². The summed E-state index contributed by atoms with van der Waals surface area (Å²) in [6, 6.07) is 0.694. The maximum Gasteiger partial charge on any atom is 0.407 e. The largest absolute Gasteiger partial charge is 0.444 e. The molecule has 2 unspecified atom stereocenters. The Balaban J connectivity index is 1.68. The number of aliphatic hydroxyl groups is 1. The van der Waals surface area contributed by atoms with E-state index in [2.05, 4.69) is 10.6 Å². The van der Waals surface area contributed by atoms with Gasteiger partial charge in [-0.1, -0.05) is 0 Å². The molecule has 2 aliphatic carbocycles. The fraction of sp³-hybridized carbons (Fsp3) is 0.944. The standard InChI is InChI=1S/C18H34N2O3/c1-18(2,3)23-17(22)20-15-6-4-5-14(11-15)19-12-13-7-9-16(21)10-8-13/h13-16,19,21H,4-12H2,1-3H3,(H,20,22). The number of alkyl carbamates (subject to hydrolysis) is 1. The summed E-state index contributed by atoms with van der Waals surface area (Å²) in [5.74, 6) is 0.692. The van der Waals surface area contributed by atoms with Crippen LogP contribution in [0.2, 0.25) is 0 Å². The molecule has 134 valence electrons. The van der Waals surface area contributed by atoms with Crippen molar-refractivity contribution in [3.8, 4) is 0 Å². The third-order valence-corrected chi connectivity index (χ3v) is 4.91. The highest BCUT2D eigenvalue weighted by Crippen LogP contribution is 2.25. The van der Waals surface area contributed by atoms with E-state index < -0.39 is 5.60 Å². The second-order valence-corrected chi connectivity index (χ2v) is 8.29. The molecule has 2 aliphatic rings. The van der Waals surface area contributed by atoms with Crippen LogP contribution in [0.25, 0.3) is 0 Å². The van der Waals surface area contributed by atoms with Gasteiger partial charge < -0.3 is 20.5 Å². The van der Waals surface area contributed by atoms with Crippen LogP contribution in [0.3, 0.4) is 0 Å². The zero-order valence-electron chi connectivity index (χ0n) is 14.9. The first kappa shape index (κ1) is 18.5. The highest BCUT2D eigenvalue weighted by atomic mass is 16.6. The summed E-state index contributed by atoms with van der Waals surface area (Å²) in [7, 11) is 0. The first-order chi connectivity index (χ1) is 10.8. The molecule has 2 rings (SSSR count). The van der Waals surface area contributed by atoms with Gasteiger partial charge in [0.25, 0.3) is 0 Å². The van der Waals surface area contributed by atoms with Crippen LogP contribution in [0, 0.1) is 5.92 Å². The normalized spacial score (nSPS) is 32.3. The summed E-state index contributed by atoms with van der Waals surface area (Å²) in [6.45, 7) is 6.70. The van der Waals surface area contributed by atoms with E-state index in [1.807, 2.05) is 20.8 Å². The Bertz CT molecular complexity index is 373. The van der Waals surface area contributed by atoms with Crippen molar-refractivity contribution in [2.24, 2.45) is 5.92 Å². The number of amides is 1. The van der Waals surface area contributed by atoms with E-state index in [1.165, 1.54) is 6.42 Å². The summed E-state index contributed by atoms with van der Waals surface area (Å²) in [6.07, 6.45) is 8.10. The molecule has 0 aliphatic heterocycles. The predicted molar refractivity (Wildman–Crippen MR) is 91.4 cm³/mol. The van der Waals surface area contributed by atoms with Gasteiger partial charge in [0.15, 0.2) is 0 Å². The molecule has 3 N–H and O–H groups in total. The quantitative estimate of drug-likeness (QED) is 0.743. The summed E-state index contributed by atoms with van der Waals surface area (Å²) >= 11 is 0. The number of ether oxygens (including phenoxy) is 1. The molecule has 5 nitrogen and oxygen atoms in total. The minimum absolute atomic E-state index is 0.0802. The van der Waals surface area contributed by atoms with Crippen LogP contribution in [0.1, 0.15) is 72.1 Å². The number of rotatable bonds is 4. The van der Waals surface area contributed by atoms with E-state index in [1.54, 1.807) is 0 Å². The van der Waals surface area contributed by atoms with Gasteiger partial charge in [0, 0.05) is 12.1 Å². The highest BCUT2D eigenvalue weighted by Gasteiger charge is 2.26. The van der Waals surface area contributed by atoms with E-state index in [4.69, 9.17) is 4.74 Å². The minimum Gasteiger partial charge on any atom is -0.444 e. The van der Waals surface area contributed by atoms with Crippen molar-refractivity contribution in [2.45, 2.75) is 95.9 Å². The number of hydrogen-bond acceptors (Lipinski definition) is 4. The minimum atomic E-state index is -0.443. The van der Waals surface area contributed by atoms with Crippen LogP contribution in [-0.2, 0) is 4.74 Å². The molecule has 1 amide bonds. The molecular formula is C18H34N2O3. The highest BCUT2D eigenvalue weighted by molar-refractivity contribution is 5.68. The van der Waals surface area contributed by atoms with E-state index >= 15 is 0 Å². The number of carbonyl (C=O) groups excluding carboxylic acids is 1. The molecule has 0 bridgehead atoms. The molecule has 2 saturated carbocycles. The Morgan fingerprint density at radius 1 is 1.09 bits per heavy atom. The number of carbonyl (C=O) groups is 1. The van der Waals surface area contributed by atoms with Crippen molar-refractivity contribution in [3.05, 3.63) is 0 Å². The van der Waals surface area contributed by atoms with Crippen LogP contribution in [-0.4, -0.2) is 41.5 Å². The molecule has 23 heavy (non-hydrogen) atoms. The van der Waals surface area contributed by atoms with Gasteiger partial charge in [-0.05, 0) is 84.6 Å². The second kappa shape index (κ2) is 8.34. The Kier molecular flexibility index (Phi) is 6.72. The average molecular weight is 326 g/mol. The van der Waals surface area contributed by atoms with Crippen molar-refractivity contribution in [1.29, 1.82) is 0 Å². The summed E-state index contributed by atoms with van der Waals surface area (Å²) < 4.78 is 5.35. The lowest BCUT2D eigenvalue weighted by atomic mass is 9.86. The lowest BCUT2D eigenvalue weighted by Crippen LogP contribution is -2.46.